The van der Waals surface area contributed by atoms with Gasteiger partial charge in [-0.3, -0.25) is 4.79 Å². The number of hydrogen-bond acceptors (Lipinski definition) is 4. The van der Waals surface area contributed by atoms with Crippen LogP contribution in [0.4, 0.5) is 0 Å². The van der Waals surface area contributed by atoms with Gasteiger partial charge in [0.05, 0.1) is 12.7 Å². The van der Waals surface area contributed by atoms with Gasteiger partial charge in [-0.1, -0.05) is 6.08 Å². The Morgan fingerprint density at radius 1 is 1.50 bits per heavy atom. The van der Waals surface area contributed by atoms with Crippen molar-refractivity contribution in [2.45, 2.75) is 18.9 Å². The average molecular weight is 256 g/mol. The molecule has 0 bridgehead atoms. The molecule has 1 saturated heterocycles. The highest BCUT2D eigenvalue weighted by Crippen LogP contribution is 2.07. The molecule has 1 heterocycles. The van der Waals surface area contributed by atoms with E-state index in [1.807, 2.05) is 0 Å². The van der Waals surface area contributed by atoms with Crippen LogP contribution in [-0.2, 0) is 14.3 Å². The first-order chi connectivity index (χ1) is 8.77. The first-order valence-corrected chi connectivity index (χ1v) is 6.48. The lowest BCUT2D eigenvalue weighted by atomic mass is 10.1. The minimum absolute atomic E-state index is 0.00508. The number of carbonyl (C=O) groups excluding carboxylic acids is 1. The van der Waals surface area contributed by atoms with E-state index in [0.717, 1.165) is 25.9 Å². The molecule has 0 atom stereocenters. The van der Waals surface area contributed by atoms with E-state index in [1.165, 1.54) is 0 Å². The van der Waals surface area contributed by atoms with Gasteiger partial charge >= 0.3 is 0 Å². The van der Waals surface area contributed by atoms with E-state index < -0.39 is 0 Å². The van der Waals surface area contributed by atoms with Crippen molar-refractivity contribution in [3.63, 3.8) is 0 Å². The fourth-order valence-corrected chi connectivity index (χ4v) is 1.92. The number of amides is 1. The van der Waals surface area contributed by atoms with Crippen molar-refractivity contribution in [2.75, 3.05) is 46.5 Å². The van der Waals surface area contributed by atoms with E-state index in [0.29, 0.717) is 19.7 Å². The normalized spacial score (nSPS) is 16.5. The van der Waals surface area contributed by atoms with Gasteiger partial charge in [0.15, 0.2) is 0 Å². The lowest BCUT2D eigenvalue weighted by Gasteiger charge is -2.25. The fourth-order valence-electron chi connectivity index (χ4n) is 1.92. The molecule has 18 heavy (non-hydrogen) atoms. The molecule has 0 radical (unpaired) electrons. The molecule has 1 rings (SSSR count). The van der Waals surface area contributed by atoms with E-state index in [4.69, 9.17) is 9.47 Å². The topological polar surface area (TPSA) is 50.8 Å². The summed E-state index contributed by atoms with van der Waals surface area (Å²) in [5, 5.41) is 3.27. The summed E-state index contributed by atoms with van der Waals surface area (Å²) in [4.78, 5) is 13.7. The van der Waals surface area contributed by atoms with Crippen LogP contribution in [0.5, 0.6) is 0 Å². The highest BCUT2D eigenvalue weighted by molar-refractivity contribution is 5.77. The number of hydrogen-bond donors (Lipinski definition) is 1. The smallest absolute Gasteiger partial charge is 0.248 e. The van der Waals surface area contributed by atoms with E-state index in [9.17, 15) is 4.79 Å². The first kappa shape index (κ1) is 15.1. The monoisotopic (exact) mass is 256 g/mol. The number of piperidine rings is 1. The van der Waals surface area contributed by atoms with Gasteiger partial charge in [0.1, 0.15) is 6.61 Å². The Morgan fingerprint density at radius 2 is 2.22 bits per heavy atom. The Hall–Kier alpha value is -0.910. The summed E-state index contributed by atoms with van der Waals surface area (Å²) in [5.41, 5.74) is 0. The van der Waals surface area contributed by atoms with Gasteiger partial charge in [0.25, 0.3) is 0 Å². The Labute approximate surface area is 109 Å². The molecule has 0 aromatic rings. The summed E-state index contributed by atoms with van der Waals surface area (Å²) in [6.45, 7) is 7.41. The minimum Gasteiger partial charge on any atom is -0.383 e. The number of nitrogens with one attached hydrogen (secondary N) is 1. The number of carbonyl (C=O) groups is 1. The zero-order chi connectivity index (χ0) is 13.2. The third kappa shape index (κ3) is 5.62. The van der Waals surface area contributed by atoms with Crippen LogP contribution < -0.4 is 5.32 Å². The van der Waals surface area contributed by atoms with Gasteiger partial charge in [0, 0.05) is 20.2 Å². The van der Waals surface area contributed by atoms with Gasteiger partial charge in [-0.05, 0) is 25.9 Å². The maximum absolute atomic E-state index is 12.0. The highest BCUT2D eigenvalue weighted by Gasteiger charge is 2.17. The van der Waals surface area contributed by atoms with Gasteiger partial charge in [-0.2, -0.15) is 0 Å². The Balaban J connectivity index is 2.28. The van der Waals surface area contributed by atoms with Crippen LogP contribution in [0.15, 0.2) is 12.7 Å². The summed E-state index contributed by atoms with van der Waals surface area (Å²) in [6.07, 6.45) is 3.89. The molecule has 1 N–H and O–H groups in total. The zero-order valence-electron chi connectivity index (χ0n) is 11.2. The van der Waals surface area contributed by atoms with Crippen LogP contribution in [0.2, 0.25) is 0 Å². The Morgan fingerprint density at radius 3 is 2.83 bits per heavy atom. The summed E-state index contributed by atoms with van der Waals surface area (Å²) >= 11 is 0. The molecular formula is C13H24N2O3. The predicted octanol–water partition coefficient (Wildman–Crippen LogP) is 0.416. The maximum atomic E-state index is 12.0. The van der Waals surface area contributed by atoms with Crippen LogP contribution in [0.25, 0.3) is 0 Å². The second-order valence-corrected chi connectivity index (χ2v) is 4.38. The highest BCUT2D eigenvalue weighted by atomic mass is 16.5. The second kappa shape index (κ2) is 9.08. The number of methoxy groups -OCH3 is 1. The summed E-state index contributed by atoms with van der Waals surface area (Å²) in [5.74, 6) is 0.00508. The molecule has 1 aliphatic heterocycles. The predicted molar refractivity (Wildman–Crippen MR) is 70.5 cm³/mol. The molecule has 5 nitrogen and oxygen atoms in total. The number of nitrogens with zero attached hydrogens (tertiary/aromatic N) is 1. The van der Waals surface area contributed by atoms with Gasteiger partial charge in [-0.25, -0.2) is 0 Å². The standard InChI is InChI=1S/C13H24N2O3/c1-3-8-15(9-10-17-2)13(16)11-18-12-4-6-14-7-5-12/h3,12,14H,1,4-11H2,2H3. The molecule has 0 aliphatic carbocycles. The SMILES string of the molecule is C=CCN(CCOC)C(=O)COC1CCNCC1. The van der Waals surface area contributed by atoms with Gasteiger partial charge in [-0.15, -0.1) is 6.58 Å². The van der Waals surface area contributed by atoms with Crippen LogP contribution >= 0.6 is 0 Å². The van der Waals surface area contributed by atoms with E-state index in [1.54, 1.807) is 18.1 Å². The quantitative estimate of drug-likeness (QED) is 0.639. The van der Waals surface area contributed by atoms with Crippen LogP contribution in [0.1, 0.15) is 12.8 Å². The molecule has 5 heteroatoms. The minimum atomic E-state index is 0.00508. The first-order valence-electron chi connectivity index (χ1n) is 6.48. The molecule has 1 amide bonds. The number of ether oxygens (including phenoxy) is 2. The third-order valence-corrected chi connectivity index (χ3v) is 3.00. The van der Waals surface area contributed by atoms with Crippen molar-refractivity contribution in [1.29, 1.82) is 0 Å². The average Bonchev–Trinajstić information content (AvgIpc) is 2.42. The summed E-state index contributed by atoms with van der Waals surface area (Å²) in [7, 11) is 1.63. The van der Waals surface area contributed by atoms with Crippen molar-refractivity contribution in [3.05, 3.63) is 12.7 Å². The molecule has 0 saturated carbocycles. The Kier molecular flexibility index (Phi) is 7.64. The van der Waals surface area contributed by atoms with Crippen molar-refractivity contribution >= 4 is 5.91 Å². The summed E-state index contributed by atoms with van der Waals surface area (Å²) in [6, 6.07) is 0. The van der Waals surface area contributed by atoms with E-state index in [-0.39, 0.29) is 18.6 Å². The largest absolute Gasteiger partial charge is 0.383 e. The molecule has 0 unspecified atom stereocenters. The van der Waals surface area contributed by atoms with Crippen molar-refractivity contribution in [2.24, 2.45) is 0 Å². The molecule has 0 aromatic heterocycles. The van der Waals surface area contributed by atoms with Crippen LogP contribution in [0, 0.1) is 0 Å². The van der Waals surface area contributed by atoms with E-state index >= 15 is 0 Å². The Bertz CT molecular complexity index is 253. The molecule has 1 fully saturated rings. The lowest BCUT2D eigenvalue weighted by Crippen LogP contribution is -2.39. The zero-order valence-corrected chi connectivity index (χ0v) is 11.2. The second-order valence-electron chi connectivity index (χ2n) is 4.38. The summed E-state index contributed by atoms with van der Waals surface area (Å²) < 4.78 is 10.6. The number of rotatable bonds is 8. The van der Waals surface area contributed by atoms with Gasteiger partial charge < -0.3 is 19.7 Å². The van der Waals surface area contributed by atoms with Crippen LogP contribution in [-0.4, -0.2) is 63.4 Å². The van der Waals surface area contributed by atoms with E-state index in [2.05, 4.69) is 11.9 Å². The molecule has 104 valence electrons. The van der Waals surface area contributed by atoms with Crippen molar-refractivity contribution in [1.82, 2.24) is 10.2 Å². The van der Waals surface area contributed by atoms with Crippen molar-refractivity contribution in [3.8, 4) is 0 Å². The fraction of sp³-hybridized carbons (Fsp3) is 0.769. The molecule has 0 aromatic carbocycles. The lowest BCUT2D eigenvalue weighted by molar-refractivity contribution is -0.138. The van der Waals surface area contributed by atoms with Gasteiger partial charge in [0.2, 0.25) is 5.91 Å². The van der Waals surface area contributed by atoms with Crippen molar-refractivity contribution < 1.29 is 14.3 Å². The van der Waals surface area contributed by atoms with Crippen LogP contribution in [0.3, 0.4) is 0 Å². The molecule has 0 spiro atoms. The molecule has 1 aliphatic rings. The third-order valence-electron chi connectivity index (χ3n) is 3.00. The molecular weight excluding hydrogens is 232 g/mol. The maximum Gasteiger partial charge on any atom is 0.248 e.